The lowest BCUT2D eigenvalue weighted by Crippen LogP contribution is -2.33. The quantitative estimate of drug-likeness (QED) is 0.824. The Balaban J connectivity index is 1.86. The van der Waals surface area contributed by atoms with Crippen LogP contribution in [0.2, 0.25) is 0 Å². The van der Waals surface area contributed by atoms with Gasteiger partial charge in [0.1, 0.15) is 5.52 Å². The predicted octanol–water partition coefficient (Wildman–Crippen LogP) is 3.22. The first-order valence-corrected chi connectivity index (χ1v) is 7.45. The third kappa shape index (κ3) is 3.99. The predicted molar refractivity (Wildman–Crippen MR) is 77.2 cm³/mol. The van der Waals surface area contributed by atoms with Crippen molar-refractivity contribution in [3.05, 3.63) is 24.3 Å². The summed E-state index contributed by atoms with van der Waals surface area (Å²) in [5.41, 5.74) is 1.58. The molecule has 5 heteroatoms. The molecular formula is C14H18N2O2S. The van der Waals surface area contributed by atoms with E-state index < -0.39 is 0 Å². The van der Waals surface area contributed by atoms with E-state index in [2.05, 4.69) is 17.2 Å². The highest BCUT2D eigenvalue weighted by atomic mass is 32.2. The molecule has 4 nitrogen and oxygen atoms in total. The highest BCUT2D eigenvalue weighted by molar-refractivity contribution is 7.99. The molecule has 2 rings (SSSR count). The third-order valence-corrected chi connectivity index (χ3v) is 3.56. The summed E-state index contributed by atoms with van der Waals surface area (Å²) >= 11 is 1.32. The van der Waals surface area contributed by atoms with Crippen molar-refractivity contribution in [2.45, 2.75) is 38.0 Å². The number of rotatable bonds is 6. The van der Waals surface area contributed by atoms with Crippen molar-refractivity contribution >= 4 is 28.8 Å². The maximum absolute atomic E-state index is 11.7. The Kier molecular flexibility index (Phi) is 4.85. The van der Waals surface area contributed by atoms with Crippen LogP contribution in [0.5, 0.6) is 0 Å². The lowest BCUT2D eigenvalue weighted by Gasteiger charge is -2.11. The van der Waals surface area contributed by atoms with Crippen molar-refractivity contribution in [1.82, 2.24) is 10.3 Å². The number of para-hydroxylation sites is 2. The Morgan fingerprint density at radius 2 is 2.26 bits per heavy atom. The minimum Gasteiger partial charge on any atom is -0.431 e. The number of amides is 1. The fraction of sp³-hybridized carbons (Fsp3) is 0.429. The first kappa shape index (κ1) is 13.9. The summed E-state index contributed by atoms with van der Waals surface area (Å²) in [7, 11) is 0. The summed E-state index contributed by atoms with van der Waals surface area (Å²) in [5.74, 6) is 0.356. The molecule has 19 heavy (non-hydrogen) atoms. The molecule has 1 unspecified atom stereocenters. The van der Waals surface area contributed by atoms with Crippen molar-refractivity contribution < 1.29 is 9.21 Å². The van der Waals surface area contributed by atoms with E-state index in [9.17, 15) is 4.79 Å². The number of thioether (sulfide) groups is 1. The number of aromatic nitrogens is 1. The van der Waals surface area contributed by atoms with Crippen molar-refractivity contribution in [2.75, 3.05) is 5.75 Å². The van der Waals surface area contributed by atoms with Gasteiger partial charge in [-0.15, -0.1) is 0 Å². The molecule has 0 fully saturated rings. The van der Waals surface area contributed by atoms with Crippen LogP contribution in [-0.2, 0) is 4.79 Å². The van der Waals surface area contributed by atoms with Gasteiger partial charge in [-0.3, -0.25) is 4.79 Å². The molecule has 1 amide bonds. The topological polar surface area (TPSA) is 55.1 Å². The van der Waals surface area contributed by atoms with Gasteiger partial charge < -0.3 is 9.73 Å². The fourth-order valence-corrected chi connectivity index (χ4v) is 2.51. The van der Waals surface area contributed by atoms with Crippen molar-refractivity contribution in [1.29, 1.82) is 0 Å². The van der Waals surface area contributed by atoms with Crippen molar-refractivity contribution in [3.63, 3.8) is 0 Å². The molecule has 1 N–H and O–H groups in total. The number of oxazole rings is 1. The molecule has 0 aliphatic rings. The molecular weight excluding hydrogens is 260 g/mol. The lowest BCUT2D eigenvalue weighted by molar-refractivity contribution is -0.119. The number of nitrogens with one attached hydrogen (secondary N) is 1. The maximum atomic E-state index is 11.7. The SMILES string of the molecule is CCCC(C)NC(=O)CSc1nc2ccccc2o1. The van der Waals surface area contributed by atoms with Crippen molar-refractivity contribution in [3.8, 4) is 0 Å². The van der Waals surface area contributed by atoms with Gasteiger partial charge in [-0.1, -0.05) is 37.2 Å². The Labute approximate surface area is 117 Å². The van der Waals surface area contributed by atoms with E-state index in [0.29, 0.717) is 11.0 Å². The summed E-state index contributed by atoms with van der Waals surface area (Å²) in [6, 6.07) is 7.81. The van der Waals surface area contributed by atoms with Gasteiger partial charge in [0.05, 0.1) is 5.75 Å². The monoisotopic (exact) mass is 278 g/mol. The summed E-state index contributed by atoms with van der Waals surface area (Å²) in [6.45, 7) is 4.13. The summed E-state index contributed by atoms with van der Waals surface area (Å²) < 4.78 is 5.54. The number of hydrogen-bond acceptors (Lipinski definition) is 4. The molecule has 0 aliphatic heterocycles. The van der Waals surface area contributed by atoms with Crippen LogP contribution < -0.4 is 5.32 Å². The van der Waals surface area contributed by atoms with E-state index in [-0.39, 0.29) is 11.9 Å². The zero-order chi connectivity index (χ0) is 13.7. The molecule has 1 heterocycles. The van der Waals surface area contributed by atoms with Crippen LogP contribution >= 0.6 is 11.8 Å². The molecule has 0 radical (unpaired) electrons. The molecule has 1 aromatic carbocycles. The van der Waals surface area contributed by atoms with E-state index in [0.717, 1.165) is 23.9 Å². The van der Waals surface area contributed by atoms with Crippen LogP contribution in [0.1, 0.15) is 26.7 Å². The molecule has 0 saturated heterocycles. The minimum absolute atomic E-state index is 0.0215. The first-order chi connectivity index (χ1) is 9.19. The van der Waals surface area contributed by atoms with Crippen molar-refractivity contribution in [2.24, 2.45) is 0 Å². The number of carbonyl (C=O) groups is 1. The Hall–Kier alpha value is -1.49. The van der Waals surface area contributed by atoms with Gasteiger partial charge >= 0.3 is 0 Å². The van der Waals surface area contributed by atoms with Gasteiger partial charge in [0.25, 0.3) is 5.22 Å². The Morgan fingerprint density at radius 1 is 1.47 bits per heavy atom. The van der Waals surface area contributed by atoms with Crippen LogP contribution in [-0.4, -0.2) is 22.7 Å². The van der Waals surface area contributed by atoms with Crippen LogP contribution in [0.25, 0.3) is 11.1 Å². The van der Waals surface area contributed by atoms with Crippen LogP contribution in [0, 0.1) is 0 Å². The highest BCUT2D eigenvalue weighted by Gasteiger charge is 2.10. The van der Waals surface area contributed by atoms with Gasteiger partial charge in [-0.2, -0.15) is 0 Å². The number of carbonyl (C=O) groups excluding carboxylic acids is 1. The molecule has 2 aromatic rings. The van der Waals surface area contributed by atoms with Gasteiger partial charge in [0, 0.05) is 6.04 Å². The molecule has 0 bridgehead atoms. The van der Waals surface area contributed by atoms with E-state index in [4.69, 9.17) is 4.42 Å². The van der Waals surface area contributed by atoms with Crippen LogP contribution in [0.4, 0.5) is 0 Å². The Bertz CT molecular complexity index is 520. The molecule has 0 aliphatic carbocycles. The molecule has 1 aromatic heterocycles. The average molecular weight is 278 g/mol. The van der Waals surface area contributed by atoms with Crippen LogP contribution in [0.3, 0.4) is 0 Å². The van der Waals surface area contributed by atoms with E-state index >= 15 is 0 Å². The maximum Gasteiger partial charge on any atom is 0.257 e. The second-order valence-electron chi connectivity index (χ2n) is 4.49. The molecule has 1 atom stereocenters. The normalized spacial score (nSPS) is 12.5. The number of benzene rings is 1. The van der Waals surface area contributed by atoms with E-state index in [1.807, 2.05) is 31.2 Å². The number of nitrogens with zero attached hydrogens (tertiary/aromatic N) is 1. The summed E-state index contributed by atoms with van der Waals surface area (Å²) in [4.78, 5) is 16.0. The minimum atomic E-state index is 0.0215. The molecule has 0 spiro atoms. The highest BCUT2D eigenvalue weighted by Crippen LogP contribution is 2.22. The first-order valence-electron chi connectivity index (χ1n) is 6.46. The zero-order valence-electron chi connectivity index (χ0n) is 11.2. The smallest absolute Gasteiger partial charge is 0.257 e. The van der Waals surface area contributed by atoms with Gasteiger partial charge in [0.15, 0.2) is 5.58 Å². The second-order valence-corrected chi connectivity index (χ2v) is 5.42. The van der Waals surface area contributed by atoms with Gasteiger partial charge in [-0.25, -0.2) is 4.98 Å². The van der Waals surface area contributed by atoms with Gasteiger partial charge in [-0.05, 0) is 25.5 Å². The van der Waals surface area contributed by atoms with Gasteiger partial charge in [0.2, 0.25) is 5.91 Å². The summed E-state index contributed by atoms with van der Waals surface area (Å²) in [6.07, 6.45) is 2.07. The lowest BCUT2D eigenvalue weighted by atomic mass is 10.2. The second kappa shape index (κ2) is 6.61. The molecule has 102 valence electrons. The largest absolute Gasteiger partial charge is 0.431 e. The zero-order valence-corrected chi connectivity index (χ0v) is 12.0. The van der Waals surface area contributed by atoms with E-state index in [1.54, 1.807) is 0 Å². The van der Waals surface area contributed by atoms with E-state index in [1.165, 1.54) is 11.8 Å². The third-order valence-electron chi connectivity index (χ3n) is 2.73. The number of hydrogen-bond donors (Lipinski definition) is 1. The average Bonchev–Trinajstić information content (AvgIpc) is 2.79. The standard InChI is InChI=1S/C14H18N2O2S/c1-3-6-10(2)15-13(17)9-19-14-16-11-7-4-5-8-12(11)18-14/h4-5,7-8,10H,3,6,9H2,1-2H3,(H,15,17). The molecule has 0 saturated carbocycles. The fourth-order valence-electron chi connectivity index (χ4n) is 1.86. The van der Waals surface area contributed by atoms with Crippen LogP contribution in [0.15, 0.2) is 33.9 Å². The summed E-state index contributed by atoms with van der Waals surface area (Å²) in [5, 5.41) is 3.50. The Morgan fingerprint density at radius 3 is 3.00 bits per heavy atom. The number of fused-ring (bicyclic) bond motifs is 1.